The van der Waals surface area contributed by atoms with Crippen molar-refractivity contribution in [3.8, 4) is 28.2 Å². The van der Waals surface area contributed by atoms with Crippen molar-refractivity contribution in [1.29, 1.82) is 0 Å². The summed E-state index contributed by atoms with van der Waals surface area (Å²) >= 11 is 0. The minimum atomic E-state index is -1.47. The summed E-state index contributed by atoms with van der Waals surface area (Å²) in [5.74, 6) is -3.03. The molecule has 1 heterocycles. The fourth-order valence-corrected chi connectivity index (χ4v) is 7.32. The molecule has 69 heavy (non-hydrogen) atoms. The van der Waals surface area contributed by atoms with Crippen LogP contribution in [0.4, 0.5) is 15.3 Å². The average molecular weight is 960 g/mol. The molecule has 0 saturated heterocycles. The highest BCUT2D eigenvalue weighted by atomic mass is 16.5. The molecule has 8 N–H and O–H groups in total. The number of carbonyl (C=O) groups excluding carboxylic acids is 7. The molecule has 1 aliphatic carbocycles. The molecule has 4 rings (SSSR count). The van der Waals surface area contributed by atoms with E-state index in [1.54, 1.807) is 30.3 Å². The number of ketones is 2. The summed E-state index contributed by atoms with van der Waals surface area (Å²) in [7, 11) is 0. The maximum absolute atomic E-state index is 12.6. The number of phenolic OH excluding ortho intramolecular Hbond substituents is 1. The van der Waals surface area contributed by atoms with Crippen molar-refractivity contribution in [3.63, 3.8) is 0 Å². The highest BCUT2D eigenvalue weighted by Gasteiger charge is 2.24. The van der Waals surface area contributed by atoms with Crippen LogP contribution in [0.1, 0.15) is 96.3 Å². The number of ether oxygens (including phenoxy) is 2. The summed E-state index contributed by atoms with van der Waals surface area (Å²) in [6, 6.07) is 13.7. The van der Waals surface area contributed by atoms with Crippen molar-refractivity contribution in [3.05, 3.63) is 70.9 Å². The van der Waals surface area contributed by atoms with Gasteiger partial charge in [0, 0.05) is 85.9 Å². The molecule has 5 amide bonds. The molecule has 3 atom stereocenters. The Morgan fingerprint density at radius 3 is 2.10 bits per heavy atom. The first-order chi connectivity index (χ1) is 33.1. The van der Waals surface area contributed by atoms with Crippen LogP contribution in [-0.2, 0) is 43.0 Å². The molecule has 2 aromatic rings. The highest BCUT2D eigenvalue weighted by molar-refractivity contribution is 6.02. The zero-order chi connectivity index (χ0) is 50.1. The zero-order valence-electron chi connectivity index (χ0n) is 37.8. The van der Waals surface area contributed by atoms with E-state index in [1.807, 2.05) is 12.1 Å². The molecule has 0 aromatic heterocycles. The number of nitrogens with one attached hydrogen (secondary N) is 5. The zero-order valence-corrected chi connectivity index (χ0v) is 37.8. The number of unbranched alkanes of at least 4 members (excludes halogenated alkanes) is 4. The summed E-state index contributed by atoms with van der Waals surface area (Å²) in [6.07, 6.45) is 1.09. The third-order valence-corrected chi connectivity index (χ3v) is 10.8. The Kier molecular flexibility index (Phi) is 22.1. The number of carboxylic acid groups (broad SMARTS) is 2. The predicted octanol–water partition coefficient (Wildman–Crippen LogP) is 5.38. The fraction of sp³-hybridized carbons (Fsp3) is 0.417. The van der Waals surface area contributed by atoms with E-state index in [1.165, 1.54) is 18.2 Å². The van der Waals surface area contributed by atoms with Gasteiger partial charge in [-0.15, -0.1) is 0 Å². The first-order valence-corrected chi connectivity index (χ1v) is 22.5. The summed E-state index contributed by atoms with van der Waals surface area (Å²) in [5, 5.41) is 41.6. The Hall–Kier alpha value is -7.84. The number of carboxylic acids is 2. The van der Waals surface area contributed by atoms with Gasteiger partial charge in [-0.1, -0.05) is 31.4 Å². The van der Waals surface area contributed by atoms with Gasteiger partial charge in [-0.3, -0.25) is 33.6 Å². The number of carbonyl (C=O) groups is 9. The topological polar surface area (TPSA) is 323 Å². The second-order valence-electron chi connectivity index (χ2n) is 16.1. The molecule has 2 aliphatic rings. The molecule has 370 valence electrons. The van der Waals surface area contributed by atoms with Gasteiger partial charge in [0.2, 0.25) is 5.91 Å². The maximum atomic E-state index is 12.6. The Morgan fingerprint density at radius 2 is 1.38 bits per heavy atom. The van der Waals surface area contributed by atoms with Crippen LogP contribution in [0.3, 0.4) is 0 Å². The molecule has 0 radical (unpaired) electrons. The molecular formula is C48H57N5O16. The number of aliphatic carboxylic acids is 2. The Balaban J connectivity index is 1.04. The van der Waals surface area contributed by atoms with Crippen LogP contribution in [0.15, 0.2) is 69.9 Å². The third-order valence-electron chi connectivity index (χ3n) is 10.8. The van der Waals surface area contributed by atoms with Gasteiger partial charge in [0.15, 0.2) is 11.7 Å². The van der Waals surface area contributed by atoms with Crippen molar-refractivity contribution in [1.82, 2.24) is 21.3 Å². The van der Waals surface area contributed by atoms with Gasteiger partial charge < -0.3 is 55.8 Å². The van der Waals surface area contributed by atoms with Crippen molar-refractivity contribution < 1.29 is 72.4 Å². The number of amides is 5. The van der Waals surface area contributed by atoms with E-state index >= 15 is 0 Å². The first-order valence-electron chi connectivity index (χ1n) is 22.5. The maximum Gasteiger partial charge on any atom is 0.326 e. The third kappa shape index (κ3) is 19.1. The highest BCUT2D eigenvalue weighted by Crippen LogP contribution is 2.40. The van der Waals surface area contributed by atoms with E-state index in [9.17, 15) is 58.2 Å². The number of hydrogen-bond acceptors (Lipinski definition) is 14. The number of aromatic hydroxyl groups is 1. The van der Waals surface area contributed by atoms with E-state index in [4.69, 9.17) is 14.3 Å². The summed E-state index contributed by atoms with van der Waals surface area (Å²) in [6.45, 7) is 0.811. The lowest BCUT2D eigenvalue weighted by Gasteiger charge is -2.19. The van der Waals surface area contributed by atoms with E-state index in [2.05, 4.69) is 31.3 Å². The number of anilines is 1. The van der Waals surface area contributed by atoms with Crippen LogP contribution in [-0.4, -0.2) is 101 Å². The molecule has 21 nitrogen and oxygen atoms in total. The lowest BCUT2D eigenvalue weighted by atomic mass is 9.93. The molecule has 0 unspecified atom stereocenters. The predicted molar refractivity (Wildman–Crippen MR) is 248 cm³/mol. The van der Waals surface area contributed by atoms with Crippen LogP contribution >= 0.6 is 0 Å². The van der Waals surface area contributed by atoms with Gasteiger partial charge >= 0.3 is 24.0 Å². The SMILES string of the molecule is O=CO[C@H](CCC(=O)NCCCC(=O)CC[C@H](NC(=O)N[C@@H](CCC(=O)O)OC=O)C(=O)O)CC(=O)CCCCCCCNC(=O)Nc1ccc(-c2c3ccc(=O)cc-3oc3cc(O)ccc23)cc1. The minimum Gasteiger partial charge on any atom is -0.508 e. The van der Waals surface area contributed by atoms with Gasteiger partial charge in [0.05, 0.1) is 6.42 Å². The smallest absolute Gasteiger partial charge is 0.326 e. The molecule has 0 spiro atoms. The molecule has 1 aliphatic heterocycles. The van der Waals surface area contributed by atoms with E-state index in [0.29, 0.717) is 30.0 Å². The number of urea groups is 2. The van der Waals surface area contributed by atoms with Crippen molar-refractivity contribution in [2.24, 2.45) is 0 Å². The average Bonchev–Trinajstić information content (AvgIpc) is 3.30. The van der Waals surface area contributed by atoms with E-state index < -0.39 is 42.8 Å². The second-order valence-corrected chi connectivity index (χ2v) is 16.1. The normalized spacial score (nSPS) is 12.2. The van der Waals surface area contributed by atoms with Crippen molar-refractivity contribution >= 4 is 71.1 Å². The van der Waals surface area contributed by atoms with Crippen LogP contribution < -0.4 is 32.0 Å². The monoisotopic (exact) mass is 959 g/mol. The Labute approximate surface area is 396 Å². The van der Waals surface area contributed by atoms with Gasteiger partial charge in [-0.05, 0) is 74.1 Å². The summed E-state index contributed by atoms with van der Waals surface area (Å²) in [4.78, 5) is 118. The van der Waals surface area contributed by atoms with Crippen LogP contribution in [0.2, 0.25) is 0 Å². The van der Waals surface area contributed by atoms with Crippen LogP contribution in [0.5, 0.6) is 5.75 Å². The number of rotatable bonds is 32. The summed E-state index contributed by atoms with van der Waals surface area (Å²) in [5.41, 5.74) is 3.16. The quantitative estimate of drug-likeness (QED) is 0.0132. The Morgan fingerprint density at radius 1 is 0.667 bits per heavy atom. The van der Waals surface area contributed by atoms with Gasteiger partial charge in [0.25, 0.3) is 12.9 Å². The molecular weight excluding hydrogens is 903 g/mol. The molecule has 0 fully saturated rings. The molecule has 0 bridgehead atoms. The van der Waals surface area contributed by atoms with E-state index in [0.717, 1.165) is 47.8 Å². The van der Waals surface area contributed by atoms with Gasteiger partial charge in [0.1, 0.15) is 40.8 Å². The molecule has 2 aromatic carbocycles. The van der Waals surface area contributed by atoms with Crippen LogP contribution in [0.25, 0.3) is 33.4 Å². The number of benzene rings is 3. The standard InChI is InChI=1S/C48H57N5O16/c54-28-67-36(16-20-42(60)49-24-6-8-32(56)15-19-39(46(63)64)52-48(66)53-43(68-29-55)21-22-44(61)62)25-33(57)7-4-2-1-3-5-23-50-47(65)51-31-11-9-30(10-12-31)45-37-17-13-34(58)26-40(37)69-41-27-35(59)14-18-38(41)45/h9-14,17-18,26-29,36,39,43,58H,1-8,15-16,19-25H2,(H,49,60)(H,61,62)(H,63,64)(H2,50,51,65)(H2,52,53,66)/t36-,39+,43-/m1/s1. The fourth-order valence-electron chi connectivity index (χ4n) is 7.32. The lowest BCUT2D eigenvalue weighted by Crippen LogP contribution is -2.49. The molecule has 0 saturated carbocycles. The van der Waals surface area contributed by atoms with Crippen LogP contribution in [0, 0.1) is 0 Å². The second kappa shape index (κ2) is 28.4. The number of Topliss-reactive ketones (excluding diaryl/α,β-unsaturated/α-hetero) is 2. The van der Waals surface area contributed by atoms with Crippen molar-refractivity contribution in [2.45, 2.75) is 115 Å². The lowest BCUT2D eigenvalue weighted by molar-refractivity contribution is -0.141. The number of fused-ring (bicyclic) bond motifs is 2. The number of phenols is 1. The number of hydrogen-bond donors (Lipinski definition) is 8. The Bertz CT molecular complexity index is 2440. The summed E-state index contributed by atoms with van der Waals surface area (Å²) < 4.78 is 15.6. The first kappa shape index (κ1) is 53.8. The van der Waals surface area contributed by atoms with Crippen molar-refractivity contribution in [2.75, 3.05) is 18.4 Å². The molecule has 21 heteroatoms. The van der Waals surface area contributed by atoms with E-state index in [-0.39, 0.29) is 112 Å². The van der Waals surface area contributed by atoms with Gasteiger partial charge in [-0.25, -0.2) is 14.4 Å². The largest absolute Gasteiger partial charge is 0.508 e. The minimum absolute atomic E-state index is 0.00554. The van der Waals surface area contributed by atoms with Gasteiger partial charge in [-0.2, -0.15) is 0 Å².